The Kier molecular flexibility index (Phi) is 5.30. The van der Waals surface area contributed by atoms with Gasteiger partial charge in [0.2, 0.25) is 0 Å². The summed E-state index contributed by atoms with van der Waals surface area (Å²) >= 11 is 0. The van der Waals surface area contributed by atoms with Crippen molar-refractivity contribution in [2.45, 2.75) is 32.4 Å². The molecule has 6 nitrogen and oxygen atoms in total. The zero-order valence-corrected chi connectivity index (χ0v) is 11.5. The van der Waals surface area contributed by atoms with Crippen LogP contribution in [0.3, 0.4) is 0 Å². The average molecular weight is 272 g/mol. The number of hydrogen-bond donors (Lipinski definition) is 1. The summed E-state index contributed by atoms with van der Waals surface area (Å²) < 4.78 is 7.04. The van der Waals surface area contributed by atoms with E-state index in [-0.39, 0.29) is 18.4 Å². The van der Waals surface area contributed by atoms with Crippen LogP contribution in [0.2, 0.25) is 0 Å². The Balaban J connectivity index is 0.00000162. The predicted molar refractivity (Wildman–Crippen MR) is 69.8 cm³/mol. The first-order valence-electron chi connectivity index (χ1n) is 5.69. The van der Waals surface area contributed by atoms with Crippen LogP contribution in [0.4, 0.5) is 0 Å². The number of nitrogens with one attached hydrogen (secondary N) is 1. The zero-order valence-electron chi connectivity index (χ0n) is 10.7. The summed E-state index contributed by atoms with van der Waals surface area (Å²) in [4.78, 5) is 4.38. The highest BCUT2D eigenvalue weighted by molar-refractivity contribution is 5.85. The lowest BCUT2D eigenvalue weighted by molar-refractivity contribution is 0.332. The standard InChI is InChI=1S/C11H17N5O.ClH/c1-8(12-3)7-10-14-11(17-15-10)9(2)16-6-4-5-13-16;/h4-6,8-9,12H,7H2,1-3H3;1H. The van der Waals surface area contributed by atoms with Gasteiger partial charge in [-0.3, -0.25) is 4.68 Å². The molecule has 0 fully saturated rings. The number of likely N-dealkylation sites (N-methyl/N-ethyl adjacent to an activating group) is 1. The molecular formula is C11H18ClN5O. The predicted octanol–water partition coefficient (Wildman–Crippen LogP) is 1.45. The molecule has 2 aromatic heterocycles. The van der Waals surface area contributed by atoms with Crippen molar-refractivity contribution in [1.29, 1.82) is 0 Å². The maximum atomic E-state index is 5.25. The van der Waals surface area contributed by atoms with E-state index in [1.54, 1.807) is 10.9 Å². The van der Waals surface area contributed by atoms with Gasteiger partial charge in [-0.1, -0.05) is 5.16 Å². The highest BCUT2D eigenvalue weighted by Gasteiger charge is 2.16. The van der Waals surface area contributed by atoms with E-state index in [1.807, 2.05) is 26.2 Å². The largest absolute Gasteiger partial charge is 0.337 e. The van der Waals surface area contributed by atoms with Gasteiger partial charge in [-0.2, -0.15) is 10.1 Å². The van der Waals surface area contributed by atoms with Crippen molar-refractivity contribution in [3.8, 4) is 0 Å². The van der Waals surface area contributed by atoms with Gasteiger partial charge in [0.05, 0.1) is 0 Å². The van der Waals surface area contributed by atoms with E-state index in [1.165, 1.54) is 0 Å². The van der Waals surface area contributed by atoms with Crippen molar-refractivity contribution in [3.05, 3.63) is 30.2 Å². The third-order valence-corrected chi connectivity index (χ3v) is 2.74. The van der Waals surface area contributed by atoms with Gasteiger partial charge >= 0.3 is 0 Å². The van der Waals surface area contributed by atoms with E-state index < -0.39 is 0 Å². The number of hydrogen-bond acceptors (Lipinski definition) is 5. The molecule has 0 bridgehead atoms. The molecule has 2 atom stereocenters. The van der Waals surface area contributed by atoms with Crippen molar-refractivity contribution < 1.29 is 4.52 Å². The smallest absolute Gasteiger partial charge is 0.251 e. The lowest BCUT2D eigenvalue weighted by Crippen LogP contribution is -2.24. The van der Waals surface area contributed by atoms with Crippen molar-refractivity contribution >= 4 is 12.4 Å². The number of nitrogens with zero attached hydrogens (tertiary/aromatic N) is 4. The van der Waals surface area contributed by atoms with Crippen LogP contribution in [-0.4, -0.2) is 33.0 Å². The number of rotatable bonds is 5. The highest BCUT2D eigenvalue weighted by Crippen LogP contribution is 2.14. The topological polar surface area (TPSA) is 68.8 Å². The molecule has 0 aliphatic carbocycles. The van der Waals surface area contributed by atoms with E-state index in [0.29, 0.717) is 11.9 Å². The Bertz CT molecular complexity index is 456. The van der Waals surface area contributed by atoms with Gasteiger partial charge in [0, 0.05) is 24.9 Å². The van der Waals surface area contributed by atoms with Gasteiger partial charge in [-0.05, 0) is 27.0 Å². The van der Waals surface area contributed by atoms with Gasteiger partial charge < -0.3 is 9.84 Å². The first kappa shape index (κ1) is 14.7. The second-order valence-electron chi connectivity index (χ2n) is 4.10. The summed E-state index contributed by atoms with van der Waals surface area (Å²) in [5, 5.41) is 11.3. The third-order valence-electron chi connectivity index (χ3n) is 2.74. The molecule has 2 aromatic rings. The Morgan fingerprint density at radius 1 is 1.44 bits per heavy atom. The quantitative estimate of drug-likeness (QED) is 0.891. The van der Waals surface area contributed by atoms with Crippen LogP contribution in [0.1, 0.15) is 31.6 Å². The Labute approximate surface area is 112 Å². The van der Waals surface area contributed by atoms with Crippen LogP contribution in [-0.2, 0) is 6.42 Å². The fraction of sp³-hybridized carbons (Fsp3) is 0.545. The van der Waals surface area contributed by atoms with E-state index in [2.05, 4.69) is 27.5 Å². The van der Waals surface area contributed by atoms with Crippen molar-refractivity contribution in [2.75, 3.05) is 7.05 Å². The van der Waals surface area contributed by atoms with E-state index >= 15 is 0 Å². The molecule has 0 aliphatic heterocycles. The molecule has 1 N–H and O–H groups in total. The second kappa shape index (κ2) is 6.51. The zero-order chi connectivity index (χ0) is 12.3. The van der Waals surface area contributed by atoms with Crippen LogP contribution in [0.15, 0.2) is 23.0 Å². The molecule has 0 amide bonds. The van der Waals surface area contributed by atoms with Gasteiger partial charge in [0.25, 0.3) is 5.89 Å². The average Bonchev–Trinajstić information content (AvgIpc) is 2.98. The Morgan fingerprint density at radius 2 is 2.22 bits per heavy atom. The molecule has 0 saturated carbocycles. The number of halogens is 1. The maximum absolute atomic E-state index is 5.25. The molecule has 2 heterocycles. The lowest BCUT2D eigenvalue weighted by atomic mass is 10.2. The van der Waals surface area contributed by atoms with Gasteiger partial charge in [-0.15, -0.1) is 12.4 Å². The van der Waals surface area contributed by atoms with E-state index in [4.69, 9.17) is 4.52 Å². The molecule has 18 heavy (non-hydrogen) atoms. The van der Waals surface area contributed by atoms with Gasteiger partial charge in [-0.25, -0.2) is 0 Å². The minimum atomic E-state index is -0.0314. The lowest BCUT2D eigenvalue weighted by Gasteiger charge is -2.06. The van der Waals surface area contributed by atoms with Gasteiger partial charge in [0.1, 0.15) is 6.04 Å². The third kappa shape index (κ3) is 3.30. The molecule has 0 saturated heterocycles. The van der Waals surface area contributed by atoms with Crippen LogP contribution >= 0.6 is 12.4 Å². The van der Waals surface area contributed by atoms with E-state index in [9.17, 15) is 0 Å². The first-order valence-corrected chi connectivity index (χ1v) is 5.69. The SMILES string of the molecule is CNC(C)Cc1noc(C(C)n2cccn2)n1.Cl. The molecule has 0 radical (unpaired) electrons. The van der Waals surface area contributed by atoms with Crippen molar-refractivity contribution in [3.63, 3.8) is 0 Å². The molecule has 7 heteroatoms. The molecule has 0 aliphatic rings. The summed E-state index contributed by atoms with van der Waals surface area (Å²) in [6, 6.07) is 2.17. The molecule has 2 rings (SSSR count). The monoisotopic (exact) mass is 271 g/mol. The van der Waals surface area contributed by atoms with Crippen LogP contribution in [0, 0.1) is 0 Å². The van der Waals surface area contributed by atoms with Crippen LogP contribution in [0.5, 0.6) is 0 Å². The minimum absolute atomic E-state index is 0. The number of aromatic nitrogens is 4. The molecule has 100 valence electrons. The Hall–Kier alpha value is -1.40. The van der Waals surface area contributed by atoms with Gasteiger partial charge in [0.15, 0.2) is 5.82 Å². The summed E-state index contributed by atoms with van der Waals surface area (Å²) in [7, 11) is 1.91. The van der Waals surface area contributed by atoms with Crippen LogP contribution < -0.4 is 5.32 Å². The molecule has 2 unspecified atom stereocenters. The van der Waals surface area contributed by atoms with E-state index in [0.717, 1.165) is 12.2 Å². The minimum Gasteiger partial charge on any atom is -0.337 e. The van der Waals surface area contributed by atoms with Crippen molar-refractivity contribution in [2.24, 2.45) is 0 Å². The summed E-state index contributed by atoms with van der Waals surface area (Å²) in [6.07, 6.45) is 4.37. The normalized spacial score (nSPS) is 13.9. The summed E-state index contributed by atoms with van der Waals surface area (Å²) in [5.41, 5.74) is 0. The summed E-state index contributed by atoms with van der Waals surface area (Å²) in [5.74, 6) is 1.31. The fourth-order valence-corrected chi connectivity index (χ4v) is 1.52. The fourth-order valence-electron chi connectivity index (χ4n) is 1.52. The molecular weight excluding hydrogens is 254 g/mol. The Morgan fingerprint density at radius 3 is 2.83 bits per heavy atom. The summed E-state index contributed by atoms with van der Waals surface area (Å²) in [6.45, 7) is 4.05. The highest BCUT2D eigenvalue weighted by atomic mass is 35.5. The second-order valence-corrected chi connectivity index (χ2v) is 4.10. The van der Waals surface area contributed by atoms with Crippen molar-refractivity contribution in [1.82, 2.24) is 25.2 Å². The maximum Gasteiger partial charge on any atom is 0.251 e. The first-order chi connectivity index (χ1) is 8.20. The molecule has 0 aromatic carbocycles. The molecule has 0 spiro atoms. The van der Waals surface area contributed by atoms with Crippen LogP contribution in [0.25, 0.3) is 0 Å².